The lowest BCUT2D eigenvalue weighted by Crippen LogP contribution is -2.41. The van der Waals surface area contributed by atoms with Gasteiger partial charge in [-0.15, -0.1) is 6.42 Å². The number of hydrogen-bond donors (Lipinski definition) is 0. The second-order valence-electron chi connectivity index (χ2n) is 5.37. The fourth-order valence-electron chi connectivity index (χ4n) is 2.18. The highest BCUT2D eigenvalue weighted by molar-refractivity contribution is 5.71. The monoisotopic (exact) mass is 207 g/mol. The number of ether oxygens (including phenoxy) is 1. The first-order valence-electron chi connectivity index (χ1n) is 5.40. The maximum atomic E-state index is 11.9. The molecule has 3 atom stereocenters. The van der Waals surface area contributed by atoms with Crippen LogP contribution in [0.2, 0.25) is 0 Å². The van der Waals surface area contributed by atoms with Crippen molar-refractivity contribution >= 4 is 6.09 Å². The van der Waals surface area contributed by atoms with Crippen LogP contribution in [-0.2, 0) is 4.74 Å². The first-order chi connectivity index (χ1) is 6.92. The van der Waals surface area contributed by atoms with E-state index in [1.165, 1.54) is 0 Å². The Morgan fingerprint density at radius 3 is 2.67 bits per heavy atom. The lowest BCUT2D eigenvalue weighted by molar-refractivity contribution is 0.0225. The Labute approximate surface area is 90.8 Å². The van der Waals surface area contributed by atoms with E-state index in [9.17, 15) is 4.79 Å². The van der Waals surface area contributed by atoms with Gasteiger partial charge in [-0.3, -0.25) is 4.90 Å². The summed E-state index contributed by atoms with van der Waals surface area (Å²) >= 11 is 0. The molecule has 1 saturated carbocycles. The van der Waals surface area contributed by atoms with Gasteiger partial charge >= 0.3 is 6.09 Å². The van der Waals surface area contributed by atoms with Gasteiger partial charge in [-0.05, 0) is 39.5 Å². The van der Waals surface area contributed by atoms with E-state index in [2.05, 4.69) is 5.92 Å². The fourth-order valence-corrected chi connectivity index (χ4v) is 2.18. The van der Waals surface area contributed by atoms with Crippen LogP contribution in [0.15, 0.2) is 0 Å². The van der Waals surface area contributed by atoms with Crippen molar-refractivity contribution < 1.29 is 9.53 Å². The van der Waals surface area contributed by atoms with Crippen molar-refractivity contribution in [2.75, 3.05) is 0 Å². The molecule has 0 N–H and O–H groups in total. The fraction of sp³-hybridized carbons (Fsp3) is 0.750. The Hall–Kier alpha value is -1.17. The molecule has 0 unspecified atom stereocenters. The van der Waals surface area contributed by atoms with E-state index >= 15 is 0 Å². The van der Waals surface area contributed by atoms with Gasteiger partial charge in [0.2, 0.25) is 0 Å². The Balaban J connectivity index is 2.04. The predicted octanol–water partition coefficient (Wildman–Crippen LogP) is 2.02. The van der Waals surface area contributed by atoms with Crippen LogP contribution in [0.25, 0.3) is 0 Å². The summed E-state index contributed by atoms with van der Waals surface area (Å²) in [7, 11) is 0. The average Bonchev–Trinajstić information content (AvgIpc) is 2.73. The summed E-state index contributed by atoms with van der Waals surface area (Å²) in [5.41, 5.74) is -0.441. The van der Waals surface area contributed by atoms with Crippen LogP contribution < -0.4 is 0 Å². The number of rotatable bonds is 0. The van der Waals surface area contributed by atoms with E-state index in [1.807, 2.05) is 20.8 Å². The molecule has 1 saturated heterocycles. The largest absolute Gasteiger partial charge is 0.444 e. The standard InChI is InChI=1S/C12H17NO2/c1-5-9-6-8-7-10(8)13(9)11(14)15-12(2,3)4/h1,8-10H,6-7H2,2-4H3/t8-,9-,10+/m0/s1. The first kappa shape index (κ1) is 10.4. The highest BCUT2D eigenvalue weighted by atomic mass is 16.6. The summed E-state index contributed by atoms with van der Waals surface area (Å²) in [4.78, 5) is 13.6. The molecule has 3 nitrogen and oxygen atoms in total. The number of hydrogen-bond acceptors (Lipinski definition) is 2. The zero-order chi connectivity index (χ0) is 11.2. The Kier molecular flexibility index (Phi) is 2.18. The molecule has 2 fully saturated rings. The van der Waals surface area contributed by atoms with Crippen LogP contribution in [0.4, 0.5) is 4.79 Å². The molecule has 0 bridgehead atoms. The molecule has 0 aromatic rings. The van der Waals surface area contributed by atoms with E-state index in [0.29, 0.717) is 12.0 Å². The number of piperidine rings is 1. The molecular formula is C12H17NO2. The van der Waals surface area contributed by atoms with Gasteiger partial charge in [0.1, 0.15) is 5.60 Å². The minimum absolute atomic E-state index is 0.0522. The highest BCUT2D eigenvalue weighted by Gasteiger charge is 2.54. The lowest BCUT2D eigenvalue weighted by atomic mass is 10.2. The quantitative estimate of drug-likeness (QED) is 0.569. The number of fused-ring (bicyclic) bond motifs is 1. The van der Waals surface area contributed by atoms with Gasteiger partial charge in [0.25, 0.3) is 0 Å². The van der Waals surface area contributed by atoms with Crippen LogP contribution in [0.3, 0.4) is 0 Å². The zero-order valence-electron chi connectivity index (χ0n) is 9.49. The highest BCUT2D eigenvalue weighted by Crippen LogP contribution is 2.48. The molecule has 2 aliphatic rings. The van der Waals surface area contributed by atoms with Crippen LogP contribution in [0.1, 0.15) is 33.6 Å². The smallest absolute Gasteiger partial charge is 0.411 e. The normalized spacial score (nSPS) is 33.2. The number of carbonyl (C=O) groups excluding carboxylic acids is 1. The third-order valence-corrected chi connectivity index (χ3v) is 2.90. The average molecular weight is 207 g/mol. The van der Waals surface area contributed by atoms with E-state index in [-0.39, 0.29) is 12.1 Å². The first-order valence-corrected chi connectivity index (χ1v) is 5.40. The molecule has 82 valence electrons. The molecule has 1 amide bonds. The van der Waals surface area contributed by atoms with Gasteiger partial charge < -0.3 is 4.74 Å². The van der Waals surface area contributed by atoms with E-state index in [0.717, 1.165) is 12.8 Å². The van der Waals surface area contributed by atoms with Gasteiger partial charge in [0.05, 0.1) is 6.04 Å². The minimum atomic E-state index is -0.441. The maximum Gasteiger partial charge on any atom is 0.411 e. The predicted molar refractivity (Wildman–Crippen MR) is 57.2 cm³/mol. The van der Waals surface area contributed by atoms with Gasteiger partial charge in [-0.2, -0.15) is 0 Å². The molecule has 1 aliphatic carbocycles. The lowest BCUT2D eigenvalue weighted by Gasteiger charge is -2.28. The maximum absolute atomic E-state index is 11.9. The van der Waals surface area contributed by atoms with Gasteiger partial charge in [-0.25, -0.2) is 4.79 Å². The van der Waals surface area contributed by atoms with Crippen molar-refractivity contribution in [1.82, 2.24) is 4.90 Å². The molecular weight excluding hydrogens is 190 g/mol. The molecule has 1 heterocycles. The number of terminal acetylenes is 1. The van der Waals surface area contributed by atoms with E-state index in [4.69, 9.17) is 11.2 Å². The number of carbonyl (C=O) groups is 1. The number of amides is 1. The zero-order valence-corrected chi connectivity index (χ0v) is 9.49. The summed E-state index contributed by atoms with van der Waals surface area (Å²) in [6.07, 6.45) is 7.19. The van der Waals surface area contributed by atoms with Crippen molar-refractivity contribution in [3.05, 3.63) is 0 Å². The van der Waals surface area contributed by atoms with Crippen LogP contribution >= 0.6 is 0 Å². The Bertz CT molecular complexity index is 323. The Morgan fingerprint density at radius 1 is 1.47 bits per heavy atom. The summed E-state index contributed by atoms with van der Waals surface area (Å²) in [6, 6.07) is 0.296. The SMILES string of the molecule is C#C[C@H]1C[C@H]2C[C@H]2N1C(=O)OC(C)(C)C. The summed E-state index contributed by atoms with van der Waals surface area (Å²) in [5.74, 6) is 3.29. The molecule has 15 heavy (non-hydrogen) atoms. The number of likely N-dealkylation sites (tertiary alicyclic amines) is 1. The van der Waals surface area contributed by atoms with Crippen molar-refractivity contribution in [1.29, 1.82) is 0 Å². The van der Waals surface area contributed by atoms with Crippen LogP contribution in [0, 0.1) is 18.3 Å². The minimum Gasteiger partial charge on any atom is -0.444 e. The van der Waals surface area contributed by atoms with Crippen LogP contribution in [0.5, 0.6) is 0 Å². The van der Waals surface area contributed by atoms with Crippen LogP contribution in [-0.4, -0.2) is 28.7 Å². The van der Waals surface area contributed by atoms with E-state index < -0.39 is 5.60 Å². The Morgan fingerprint density at radius 2 is 2.13 bits per heavy atom. The third-order valence-electron chi connectivity index (χ3n) is 2.90. The molecule has 3 heteroatoms. The van der Waals surface area contributed by atoms with Crippen molar-refractivity contribution in [3.63, 3.8) is 0 Å². The van der Waals surface area contributed by atoms with Crippen molar-refractivity contribution in [3.8, 4) is 12.3 Å². The molecule has 0 radical (unpaired) electrons. The molecule has 0 spiro atoms. The van der Waals surface area contributed by atoms with Crippen molar-refractivity contribution in [2.45, 2.75) is 51.3 Å². The second-order valence-corrected chi connectivity index (χ2v) is 5.37. The molecule has 2 rings (SSSR count). The molecule has 0 aromatic carbocycles. The van der Waals surface area contributed by atoms with Gasteiger partial charge in [-0.1, -0.05) is 5.92 Å². The van der Waals surface area contributed by atoms with Gasteiger partial charge in [0.15, 0.2) is 0 Å². The second kappa shape index (κ2) is 3.16. The number of nitrogens with zero attached hydrogens (tertiary/aromatic N) is 1. The summed E-state index contributed by atoms with van der Waals surface area (Å²) in [6.45, 7) is 5.61. The topological polar surface area (TPSA) is 29.5 Å². The summed E-state index contributed by atoms with van der Waals surface area (Å²) < 4.78 is 5.34. The molecule has 1 aliphatic heterocycles. The third kappa shape index (κ3) is 1.94. The molecule has 0 aromatic heterocycles. The summed E-state index contributed by atoms with van der Waals surface area (Å²) in [5, 5.41) is 0. The van der Waals surface area contributed by atoms with E-state index in [1.54, 1.807) is 4.90 Å². The van der Waals surface area contributed by atoms with Crippen molar-refractivity contribution in [2.24, 2.45) is 5.92 Å². The van der Waals surface area contributed by atoms with Gasteiger partial charge in [0, 0.05) is 6.04 Å².